The van der Waals surface area contributed by atoms with E-state index in [1.165, 1.54) is 19.3 Å². The first-order valence-corrected chi connectivity index (χ1v) is 10.8. The average Bonchev–Trinajstić information content (AvgIpc) is 3.02. The molecular weight excluding hydrogens is 316 g/mol. The van der Waals surface area contributed by atoms with Crippen LogP contribution < -0.4 is 0 Å². The molecule has 124 valence electrons. The van der Waals surface area contributed by atoms with Gasteiger partial charge in [-0.05, 0) is 18.1 Å². The second-order valence-corrected chi connectivity index (χ2v) is 8.93. The van der Waals surface area contributed by atoms with Crippen molar-refractivity contribution in [1.82, 2.24) is 9.29 Å². The minimum Gasteiger partial charge on any atom is -0.264 e. The molecule has 1 fully saturated rings. The van der Waals surface area contributed by atoms with Gasteiger partial charge in [-0.2, -0.15) is 4.31 Å². The van der Waals surface area contributed by atoms with Crippen molar-refractivity contribution in [2.45, 2.75) is 50.8 Å². The number of sulfonamides is 1. The quantitative estimate of drug-likeness (QED) is 0.640. The molecule has 0 aliphatic carbocycles. The van der Waals surface area contributed by atoms with E-state index in [4.69, 9.17) is 0 Å². The van der Waals surface area contributed by atoms with Crippen LogP contribution in [0.1, 0.15) is 56.4 Å². The topological polar surface area (TPSA) is 50.3 Å². The predicted molar refractivity (Wildman–Crippen MR) is 93.3 cm³/mol. The molecule has 1 aliphatic heterocycles. The Kier molecular flexibility index (Phi) is 7.18. The highest BCUT2D eigenvalue weighted by Crippen LogP contribution is 2.39. The van der Waals surface area contributed by atoms with Crippen LogP contribution >= 0.6 is 11.8 Å². The monoisotopic (exact) mass is 342 g/mol. The van der Waals surface area contributed by atoms with Gasteiger partial charge >= 0.3 is 0 Å². The highest BCUT2D eigenvalue weighted by atomic mass is 32.2. The van der Waals surface area contributed by atoms with E-state index in [1.54, 1.807) is 28.5 Å². The molecule has 1 saturated heterocycles. The van der Waals surface area contributed by atoms with Crippen molar-refractivity contribution in [3.05, 3.63) is 30.1 Å². The van der Waals surface area contributed by atoms with Gasteiger partial charge in [-0.3, -0.25) is 4.98 Å². The van der Waals surface area contributed by atoms with Crippen molar-refractivity contribution >= 4 is 21.8 Å². The third kappa shape index (κ3) is 4.96. The summed E-state index contributed by atoms with van der Waals surface area (Å²) in [5.41, 5.74) is 0.983. The van der Waals surface area contributed by atoms with E-state index >= 15 is 0 Å². The third-order valence-electron chi connectivity index (χ3n) is 3.93. The van der Waals surface area contributed by atoms with E-state index in [0.717, 1.165) is 30.6 Å². The highest BCUT2D eigenvalue weighted by molar-refractivity contribution is 8.00. The van der Waals surface area contributed by atoms with Crippen molar-refractivity contribution in [3.8, 4) is 0 Å². The second kappa shape index (κ2) is 8.89. The van der Waals surface area contributed by atoms with E-state index < -0.39 is 10.0 Å². The van der Waals surface area contributed by atoms with Crippen LogP contribution in [-0.2, 0) is 10.0 Å². The molecule has 4 nitrogen and oxygen atoms in total. The molecule has 1 atom stereocenters. The summed E-state index contributed by atoms with van der Waals surface area (Å²) in [6, 6.07) is 3.83. The average molecular weight is 343 g/mol. The Morgan fingerprint density at radius 2 is 2.05 bits per heavy atom. The highest BCUT2D eigenvalue weighted by Gasteiger charge is 2.35. The maximum absolute atomic E-state index is 12.6. The number of unbranched alkanes of at least 4 members (excludes halogenated alkanes) is 5. The number of hydrogen-bond acceptors (Lipinski definition) is 4. The van der Waals surface area contributed by atoms with Crippen molar-refractivity contribution in [3.63, 3.8) is 0 Å². The maximum atomic E-state index is 12.6. The van der Waals surface area contributed by atoms with Gasteiger partial charge in [-0.15, -0.1) is 11.8 Å². The van der Waals surface area contributed by atoms with Gasteiger partial charge < -0.3 is 0 Å². The minimum atomic E-state index is -3.17. The summed E-state index contributed by atoms with van der Waals surface area (Å²) < 4.78 is 26.9. The van der Waals surface area contributed by atoms with Crippen LogP contribution in [0.25, 0.3) is 0 Å². The molecule has 0 spiro atoms. The van der Waals surface area contributed by atoms with E-state index in [0.29, 0.717) is 6.54 Å². The molecule has 0 N–H and O–H groups in total. The van der Waals surface area contributed by atoms with Crippen LogP contribution in [0.2, 0.25) is 0 Å². The SMILES string of the molecule is CCCCCCCCS(=O)(=O)N1CCSC1c1cccnc1. The Labute approximate surface area is 138 Å². The number of aromatic nitrogens is 1. The normalized spacial score (nSPS) is 19.6. The maximum Gasteiger partial charge on any atom is 0.215 e. The summed E-state index contributed by atoms with van der Waals surface area (Å²) in [7, 11) is -3.17. The number of thioether (sulfide) groups is 1. The van der Waals surface area contributed by atoms with Crippen molar-refractivity contribution in [1.29, 1.82) is 0 Å². The van der Waals surface area contributed by atoms with E-state index in [2.05, 4.69) is 11.9 Å². The fourth-order valence-corrected chi connectivity index (χ4v) is 6.11. The van der Waals surface area contributed by atoms with Crippen LogP contribution in [0.3, 0.4) is 0 Å². The first-order chi connectivity index (χ1) is 10.6. The van der Waals surface area contributed by atoms with Gasteiger partial charge in [0.25, 0.3) is 0 Å². The van der Waals surface area contributed by atoms with Crippen LogP contribution in [0.4, 0.5) is 0 Å². The number of pyridine rings is 1. The van der Waals surface area contributed by atoms with Crippen LogP contribution in [0.5, 0.6) is 0 Å². The lowest BCUT2D eigenvalue weighted by molar-refractivity contribution is 0.432. The standard InChI is InChI=1S/C16H26N2O2S2/c1-2-3-4-5-6-7-13-22(19,20)18-11-12-21-16(18)15-9-8-10-17-14-15/h8-10,14,16H,2-7,11-13H2,1H3. The smallest absolute Gasteiger partial charge is 0.215 e. The Balaban J connectivity index is 1.88. The molecule has 2 heterocycles. The lowest BCUT2D eigenvalue weighted by Gasteiger charge is -2.23. The van der Waals surface area contributed by atoms with Crippen molar-refractivity contribution in [2.24, 2.45) is 0 Å². The summed E-state index contributed by atoms with van der Waals surface area (Å²) in [4.78, 5) is 4.11. The predicted octanol–water partition coefficient (Wildman–Crippen LogP) is 3.82. The molecule has 0 radical (unpaired) electrons. The van der Waals surface area contributed by atoms with E-state index in [-0.39, 0.29) is 11.1 Å². The molecule has 22 heavy (non-hydrogen) atoms. The van der Waals surface area contributed by atoms with Gasteiger partial charge in [0, 0.05) is 24.7 Å². The first-order valence-electron chi connectivity index (χ1n) is 8.16. The first kappa shape index (κ1) is 17.8. The van der Waals surface area contributed by atoms with Crippen molar-refractivity contribution in [2.75, 3.05) is 18.1 Å². The van der Waals surface area contributed by atoms with Crippen LogP contribution in [0.15, 0.2) is 24.5 Å². The van der Waals surface area contributed by atoms with Gasteiger partial charge in [0.1, 0.15) is 0 Å². The second-order valence-electron chi connectivity index (χ2n) is 5.70. The van der Waals surface area contributed by atoms with E-state index in [9.17, 15) is 8.42 Å². The summed E-state index contributed by atoms with van der Waals surface area (Å²) >= 11 is 1.69. The van der Waals surface area contributed by atoms with E-state index in [1.807, 2.05) is 12.1 Å². The van der Waals surface area contributed by atoms with Crippen molar-refractivity contribution < 1.29 is 8.42 Å². The summed E-state index contributed by atoms with van der Waals surface area (Å²) in [5.74, 6) is 1.13. The Bertz CT molecular complexity index is 534. The van der Waals surface area contributed by atoms with Crippen LogP contribution in [0, 0.1) is 0 Å². The Morgan fingerprint density at radius 1 is 1.27 bits per heavy atom. The Morgan fingerprint density at radius 3 is 2.77 bits per heavy atom. The fourth-order valence-electron chi connectivity index (χ4n) is 2.71. The largest absolute Gasteiger partial charge is 0.264 e. The number of hydrogen-bond donors (Lipinski definition) is 0. The molecule has 1 unspecified atom stereocenters. The minimum absolute atomic E-state index is 0.0983. The molecule has 0 aromatic carbocycles. The molecule has 0 saturated carbocycles. The summed E-state index contributed by atoms with van der Waals surface area (Å²) in [6.45, 7) is 2.80. The number of rotatable bonds is 9. The number of nitrogens with zero attached hydrogens (tertiary/aromatic N) is 2. The molecule has 1 aromatic rings. The molecule has 6 heteroatoms. The zero-order valence-electron chi connectivity index (χ0n) is 13.3. The zero-order chi connectivity index (χ0) is 15.8. The Hall–Kier alpha value is -0.590. The molecule has 2 rings (SSSR count). The van der Waals surface area contributed by atoms with Gasteiger partial charge in [-0.1, -0.05) is 45.1 Å². The molecular formula is C16H26N2O2S2. The van der Waals surface area contributed by atoms with Gasteiger partial charge in [0.2, 0.25) is 10.0 Å². The third-order valence-corrected chi connectivity index (χ3v) is 7.24. The molecule has 1 aromatic heterocycles. The summed E-state index contributed by atoms with van der Waals surface area (Å²) in [6.07, 6.45) is 10.1. The fraction of sp³-hybridized carbons (Fsp3) is 0.688. The summed E-state index contributed by atoms with van der Waals surface area (Å²) in [5, 5.41) is -0.0983. The van der Waals surface area contributed by atoms with Gasteiger partial charge in [0.05, 0.1) is 11.1 Å². The lowest BCUT2D eigenvalue weighted by Crippen LogP contribution is -2.32. The van der Waals surface area contributed by atoms with Gasteiger partial charge in [-0.25, -0.2) is 8.42 Å². The van der Waals surface area contributed by atoms with Gasteiger partial charge in [0.15, 0.2) is 0 Å². The zero-order valence-corrected chi connectivity index (χ0v) is 14.9. The molecule has 1 aliphatic rings. The lowest BCUT2D eigenvalue weighted by atomic mass is 10.1. The molecule has 0 bridgehead atoms. The molecule has 0 amide bonds. The van der Waals surface area contributed by atoms with Crippen LogP contribution in [-0.4, -0.2) is 35.8 Å².